The Kier molecular flexibility index (Phi) is 5.46. The smallest absolute Gasteiger partial charge is 0.254 e. The fraction of sp³-hybridized carbons (Fsp3) is 0.350. The van der Waals surface area contributed by atoms with Gasteiger partial charge in [-0.2, -0.15) is 0 Å². The van der Waals surface area contributed by atoms with Gasteiger partial charge in [-0.3, -0.25) is 4.79 Å². The molecule has 0 radical (unpaired) electrons. The van der Waals surface area contributed by atoms with E-state index in [1.807, 2.05) is 18.2 Å². The summed E-state index contributed by atoms with van der Waals surface area (Å²) in [5.74, 6) is -0.442. The van der Waals surface area contributed by atoms with Gasteiger partial charge in [-0.15, -0.1) is 0 Å². The average Bonchev–Trinajstić information content (AvgIpc) is 3.45. The number of aliphatic hydroxyl groups excluding tert-OH is 1. The van der Waals surface area contributed by atoms with Crippen LogP contribution in [0.15, 0.2) is 48.5 Å². The normalized spacial score (nSPS) is 15.0. The van der Waals surface area contributed by atoms with Crippen LogP contribution in [0.5, 0.6) is 0 Å². The van der Waals surface area contributed by atoms with Gasteiger partial charge in [-0.25, -0.2) is 4.39 Å². The molecule has 0 spiro atoms. The summed E-state index contributed by atoms with van der Waals surface area (Å²) in [6.07, 6.45) is 1.05. The zero-order valence-corrected chi connectivity index (χ0v) is 14.2. The minimum absolute atomic E-state index is 0.0957. The van der Waals surface area contributed by atoms with Crippen molar-refractivity contribution in [2.75, 3.05) is 13.7 Å². The predicted molar refractivity (Wildman–Crippen MR) is 92.6 cm³/mol. The minimum atomic E-state index is -0.840. The molecule has 0 aliphatic heterocycles. The Bertz CT molecular complexity index is 728. The number of hydrogen-bond acceptors (Lipinski definition) is 3. The summed E-state index contributed by atoms with van der Waals surface area (Å²) in [7, 11) is 1.62. The van der Waals surface area contributed by atoms with Gasteiger partial charge in [-0.1, -0.05) is 24.3 Å². The molecule has 0 saturated heterocycles. The fourth-order valence-electron chi connectivity index (χ4n) is 2.89. The maximum atomic E-state index is 13.0. The van der Waals surface area contributed by atoms with Crippen LogP contribution in [0.2, 0.25) is 0 Å². The number of nitrogens with zero attached hydrogens (tertiary/aromatic N) is 1. The molecule has 1 aliphatic carbocycles. The second kappa shape index (κ2) is 7.76. The Morgan fingerprint density at radius 2 is 2.00 bits per heavy atom. The van der Waals surface area contributed by atoms with Crippen LogP contribution in [-0.4, -0.2) is 35.6 Å². The standard InChI is InChI=1S/C20H22FNO3/c1-25-13-14-3-2-4-16(11-14)20(24)22(18-9-10-18)12-19(23)15-5-7-17(21)8-6-15/h2-8,11,18-19,23H,9-10,12-13H2,1H3. The van der Waals surface area contributed by atoms with E-state index in [4.69, 9.17) is 4.74 Å². The van der Waals surface area contributed by atoms with Gasteiger partial charge in [0.05, 0.1) is 19.3 Å². The molecular formula is C20H22FNO3. The van der Waals surface area contributed by atoms with E-state index in [2.05, 4.69) is 0 Å². The monoisotopic (exact) mass is 343 g/mol. The SMILES string of the molecule is COCc1cccc(C(=O)N(CC(O)c2ccc(F)cc2)C2CC2)c1. The molecule has 0 bridgehead atoms. The number of rotatable bonds is 7. The van der Waals surface area contributed by atoms with Gasteiger partial charge in [0.15, 0.2) is 0 Å². The predicted octanol–water partition coefficient (Wildman–Crippen LogP) is 3.31. The van der Waals surface area contributed by atoms with Crippen LogP contribution in [0, 0.1) is 5.82 Å². The van der Waals surface area contributed by atoms with Crippen molar-refractivity contribution in [1.29, 1.82) is 0 Å². The number of ether oxygens (including phenoxy) is 1. The highest BCUT2D eigenvalue weighted by Gasteiger charge is 2.34. The summed E-state index contributed by atoms with van der Waals surface area (Å²) >= 11 is 0. The van der Waals surface area contributed by atoms with Gasteiger partial charge in [0.2, 0.25) is 0 Å². The second-order valence-corrected chi connectivity index (χ2v) is 6.39. The molecule has 4 nitrogen and oxygen atoms in total. The van der Waals surface area contributed by atoms with Crippen LogP contribution in [0.3, 0.4) is 0 Å². The third-order valence-corrected chi connectivity index (χ3v) is 4.36. The maximum absolute atomic E-state index is 13.0. The first-order valence-corrected chi connectivity index (χ1v) is 8.41. The fourth-order valence-corrected chi connectivity index (χ4v) is 2.89. The van der Waals surface area contributed by atoms with Crippen molar-refractivity contribution in [2.45, 2.75) is 31.6 Å². The van der Waals surface area contributed by atoms with Crippen molar-refractivity contribution in [3.63, 3.8) is 0 Å². The van der Waals surface area contributed by atoms with Gasteiger partial charge in [0, 0.05) is 18.7 Å². The molecule has 0 heterocycles. The molecule has 3 rings (SSSR count). The number of benzene rings is 2. The van der Waals surface area contributed by atoms with Crippen molar-refractivity contribution in [1.82, 2.24) is 4.90 Å². The minimum Gasteiger partial charge on any atom is -0.387 e. The average molecular weight is 343 g/mol. The van der Waals surface area contributed by atoms with Crippen LogP contribution in [0.1, 0.15) is 40.4 Å². The van der Waals surface area contributed by atoms with Crippen LogP contribution in [-0.2, 0) is 11.3 Å². The van der Waals surface area contributed by atoms with Gasteiger partial charge in [-0.05, 0) is 48.2 Å². The molecular weight excluding hydrogens is 321 g/mol. The molecule has 1 aliphatic rings. The highest BCUT2D eigenvalue weighted by molar-refractivity contribution is 5.94. The second-order valence-electron chi connectivity index (χ2n) is 6.39. The van der Waals surface area contributed by atoms with Crippen LogP contribution in [0.4, 0.5) is 4.39 Å². The maximum Gasteiger partial charge on any atom is 0.254 e. The van der Waals surface area contributed by atoms with Gasteiger partial charge in [0.25, 0.3) is 5.91 Å². The highest BCUT2D eigenvalue weighted by atomic mass is 19.1. The zero-order chi connectivity index (χ0) is 17.8. The summed E-state index contributed by atoms with van der Waals surface area (Å²) in [5.41, 5.74) is 2.13. The summed E-state index contributed by atoms with van der Waals surface area (Å²) < 4.78 is 18.2. The molecule has 2 aromatic rings. The van der Waals surface area contributed by atoms with Crippen molar-refractivity contribution >= 4 is 5.91 Å². The first kappa shape index (κ1) is 17.6. The van der Waals surface area contributed by atoms with Gasteiger partial charge >= 0.3 is 0 Å². The number of halogens is 1. The number of carbonyl (C=O) groups is 1. The molecule has 1 atom stereocenters. The van der Waals surface area contributed by atoms with Crippen molar-refractivity contribution in [3.8, 4) is 0 Å². The first-order valence-electron chi connectivity index (χ1n) is 8.41. The number of aliphatic hydroxyl groups is 1. The summed E-state index contributed by atoms with van der Waals surface area (Å²) in [6, 6.07) is 13.2. The molecule has 132 valence electrons. The molecule has 1 saturated carbocycles. The van der Waals surface area contributed by atoms with Crippen LogP contribution in [0.25, 0.3) is 0 Å². The Morgan fingerprint density at radius 3 is 2.64 bits per heavy atom. The largest absolute Gasteiger partial charge is 0.387 e. The first-order chi connectivity index (χ1) is 12.1. The Labute approximate surface area is 146 Å². The van der Waals surface area contributed by atoms with E-state index in [1.54, 1.807) is 30.2 Å². The Hall–Kier alpha value is -2.24. The highest BCUT2D eigenvalue weighted by Crippen LogP contribution is 2.30. The number of methoxy groups -OCH3 is 1. The van der Waals surface area contributed by atoms with E-state index in [1.165, 1.54) is 12.1 Å². The molecule has 1 N–H and O–H groups in total. The number of amides is 1. The zero-order valence-electron chi connectivity index (χ0n) is 14.2. The molecule has 1 unspecified atom stereocenters. The number of hydrogen-bond donors (Lipinski definition) is 1. The van der Waals surface area contributed by atoms with Gasteiger partial charge < -0.3 is 14.7 Å². The quantitative estimate of drug-likeness (QED) is 0.839. The van der Waals surface area contributed by atoms with E-state index < -0.39 is 6.10 Å². The van der Waals surface area contributed by atoms with E-state index in [-0.39, 0.29) is 24.3 Å². The molecule has 1 fully saturated rings. The van der Waals surface area contributed by atoms with Crippen LogP contribution >= 0.6 is 0 Å². The van der Waals surface area contributed by atoms with Crippen molar-refractivity contribution < 1.29 is 19.0 Å². The molecule has 25 heavy (non-hydrogen) atoms. The van der Waals surface area contributed by atoms with Crippen molar-refractivity contribution in [2.24, 2.45) is 0 Å². The molecule has 0 aromatic heterocycles. The third-order valence-electron chi connectivity index (χ3n) is 4.36. The number of carbonyl (C=O) groups excluding carboxylic acids is 1. The van der Waals surface area contributed by atoms with E-state index in [0.29, 0.717) is 17.7 Å². The summed E-state index contributed by atoms with van der Waals surface area (Å²) in [5, 5.41) is 10.5. The van der Waals surface area contributed by atoms with Crippen LogP contribution < -0.4 is 0 Å². The van der Waals surface area contributed by atoms with E-state index in [0.717, 1.165) is 18.4 Å². The lowest BCUT2D eigenvalue weighted by atomic mass is 10.1. The third kappa shape index (κ3) is 4.44. The molecule has 1 amide bonds. The molecule has 5 heteroatoms. The van der Waals surface area contributed by atoms with Gasteiger partial charge in [0.1, 0.15) is 5.82 Å². The topological polar surface area (TPSA) is 49.8 Å². The Morgan fingerprint density at radius 1 is 1.28 bits per heavy atom. The van der Waals surface area contributed by atoms with Crippen molar-refractivity contribution in [3.05, 3.63) is 71.0 Å². The van der Waals surface area contributed by atoms with E-state index >= 15 is 0 Å². The summed E-state index contributed by atoms with van der Waals surface area (Å²) in [6.45, 7) is 0.645. The summed E-state index contributed by atoms with van der Waals surface area (Å²) in [4.78, 5) is 14.6. The lowest BCUT2D eigenvalue weighted by molar-refractivity contribution is 0.0603. The van der Waals surface area contributed by atoms with E-state index in [9.17, 15) is 14.3 Å². The lowest BCUT2D eigenvalue weighted by Crippen LogP contribution is -2.36. The molecule has 2 aromatic carbocycles. The Balaban J connectivity index is 1.75. The lowest BCUT2D eigenvalue weighted by Gasteiger charge is -2.26.